The number of ketones is 1. The molecule has 1 aliphatic carbocycles. The number of aromatic nitrogens is 1. The zero-order valence-electron chi connectivity index (χ0n) is 13.7. The second-order valence-corrected chi connectivity index (χ2v) is 6.55. The van der Waals surface area contributed by atoms with Crippen LogP contribution < -0.4 is 10.5 Å². The van der Waals surface area contributed by atoms with E-state index in [0.29, 0.717) is 23.8 Å². The van der Waals surface area contributed by atoms with Gasteiger partial charge in [0.1, 0.15) is 12.4 Å². The second kappa shape index (κ2) is 6.71. The molecule has 2 aliphatic rings. The second-order valence-electron chi connectivity index (χ2n) is 6.55. The number of ether oxygens (including phenoxy) is 2. The van der Waals surface area contributed by atoms with Crippen molar-refractivity contribution in [2.24, 2.45) is 11.7 Å². The maximum absolute atomic E-state index is 12.3. The third-order valence-corrected chi connectivity index (χ3v) is 4.30. The first-order chi connectivity index (χ1) is 11.1. The number of carbonyl (C=O) groups is 1. The fourth-order valence-corrected chi connectivity index (χ4v) is 2.59. The maximum Gasteiger partial charge on any atom is 0.169 e. The number of hydrogen-bond donors (Lipinski definition) is 1. The standard InChI is InChI=1S/C18H24N2O3/c1-11(2)18(21)14(9-19)15-5-6-16(17(20-15)12-3-4-12)23-10-13-7-8-22-13/h5-6,9,11-13H,3-4,7-8,10,19H2,1-2H3. The van der Waals surface area contributed by atoms with Gasteiger partial charge in [-0.15, -0.1) is 0 Å². The van der Waals surface area contributed by atoms with Crippen LogP contribution in [0, 0.1) is 5.92 Å². The van der Waals surface area contributed by atoms with Gasteiger partial charge < -0.3 is 15.2 Å². The number of Topliss-reactive ketones (excluding diaryl/α,β-unsaturated/α-hetero) is 1. The average molecular weight is 316 g/mol. The van der Waals surface area contributed by atoms with E-state index in [9.17, 15) is 4.79 Å². The van der Waals surface area contributed by atoms with E-state index < -0.39 is 0 Å². The smallest absolute Gasteiger partial charge is 0.169 e. The fraction of sp³-hybridized carbons (Fsp3) is 0.556. The van der Waals surface area contributed by atoms with E-state index in [0.717, 1.165) is 37.3 Å². The van der Waals surface area contributed by atoms with E-state index in [1.165, 1.54) is 6.20 Å². The van der Waals surface area contributed by atoms with Crippen molar-refractivity contribution in [3.63, 3.8) is 0 Å². The summed E-state index contributed by atoms with van der Waals surface area (Å²) in [6, 6.07) is 3.73. The van der Waals surface area contributed by atoms with Gasteiger partial charge in [-0.3, -0.25) is 4.79 Å². The molecule has 0 bridgehead atoms. The Morgan fingerprint density at radius 3 is 2.70 bits per heavy atom. The quantitative estimate of drug-likeness (QED) is 0.783. The van der Waals surface area contributed by atoms with Crippen LogP contribution in [0.1, 0.15) is 50.4 Å². The molecule has 0 aromatic carbocycles. The number of nitrogens with two attached hydrogens (primary N) is 1. The first-order valence-electron chi connectivity index (χ1n) is 8.32. The van der Waals surface area contributed by atoms with Gasteiger partial charge in [-0.1, -0.05) is 13.8 Å². The van der Waals surface area contributed by atoms with Gasteiger partial charge in [-0.2, -0.15) is 0 Å². The van der Waals surface area contributed by atoms with Crippen LogP contribution in [-0.2, 0) is 9.53 Å². The molecule has 0 radical (unpaired) electrons. The molecule has 124 valence electrons. The van der Waals surface area contributed by atoms with Crippen LogP contribution in [0.15, 0.2) is 18.3 Å². The van der Waals surface area contributed by atoms with Crippen molar-refractivity contribution in [2.45, 2.75) is 45.1 Å². The monoisotopic (exact) mass is 316 g/mol. The van der Waals surface area contributed by atoms with Gasteiger partial charge in [0.2, 0.25) is 0 Å². The van der Waals surface area contributed by atoms with Crippen LogP contribution in [0.3, 0.4) is 0 Å². The molecule has 2 fully saturated rings. The van der Waals surface area contributed by atoms with E-state index in [4.69, 9.17) is 20.2 Å². The molecule has 5 nitrogen and oxygen atoms in total. The van der Waals surface area contributed by atoms with Crippen molar-refractivity contribution in [3.05, 3.63) is 29.7 Å². The molecule has 1 aliphatic heterocycles. The van der Waals surface area contributed by atoms with Crippen molar-refractivity contribution in [1.29, 1.82) is 0 Å². The van der Waals surface area contributed by atoms with Gasteiger partial charge in [0.25, 0.3) is 0 Å². The summed E-state index contributed by atoms with van der Waals surface area (Å²) in [5.41, 5.74) is 7.74. The number of allylic oxidation sites excluding steroid dienone is 1. The summed E-state index contributed by atoms with van der Waals surface area (Å²) in [6.07, 6.45) is 4.85. The molecule has 1 aromatic heterocycles. The van der Waals surface area contributed by atoms with Crippen molar-refractivity contribution in [3.8, 4) is 5.75 Å². The maximum atomic E-state index is 12.3. The molecule has 23 heavy (non-hydrogen) atoms. The molecule has 2 N–H and O–H groups in total. The number of rotatable bonds is 7. The van der Waals surface area contributed by atoms with Gasteiger partial charge in [0, 0.05) is 31.1 Å². The van der Waals surface area contributed by atoms with Crippen molar-refractivity contribution in [2.75, 3.05) is 13.2 Å². The Kier molecular flexibility index (Phi) is 4.66. The van der Waals surface area contributed by atoms with Gasteiger partial charge in [-0.25, -0.2) is 4.98 Å². The number of nitrogens with zero attached hydrogens (tertiary/aromatic N) is 1. The SMILES string of the molecule is CC(C)C(=O)C(=CN)c1ccc(OCC2CCO2)c(C2CC2)n1. The van der Waals surface area contributed by atoms with Gasteiger partial charge in [-0.05, 0) is 25.0 Å². The zero-order valence-corrected chi connectivity index (χ0v) is 13.7. The highest BCUT2D eigenvalue weighted by atomic mass is 16.5. The summed E-state index contributed by atoms with van der Waals surface area (Å²) < 4.78 is 11.3. The Balaban J connectivity index is 1.82. The van der Waals surface area contributed by atoms with E-state index in [2.05, 4.69) is 0 Å². The summed E-state index contributed by atoms with van der Waals surface area (Å²) in [5, 5.41) is 0. The Labute approximate surface area is 136 Å². The molecule has 2 heterocycles. The third-order valence-electron chi connectivity index (χ3n) is 4.30. The number of hydrogen-bond acceptors (Lipinski definition) is 5. The minimum Gasteiger partial charge on any atom is -0.489 e. The molecule has 1 atom stereocenters. The summed E-state index contributed by atoms with van der Waals surface area (Å²) in [4.78, 5) is 17.0. The lowest BCUT2D eigenvalue weighted by molar-refractivity contribution is -0.116. The molecule has 5 heteroatoms. The lowest BCUT2D eigenvalue weighted by atomic mass is 9.98. The first-order valence-corrected chi connectivity index (χ1v) is 8.32. The summed E-state index contributed by atoms with van der Waals surface area (Å²) in [5.74, 6) is 1.14. The lowest BCUT2D eigenvalue weighted by Gasteiger charge is -2.26. The minimum atomic E-state index is -0.109. The molecule has 1 aromatic rings. The molecule has 1 saturated carbocycles. The highest BCUT2D eigenvalue weighted by Crippen LogP contribution is 2.43. The highest BCUT2D eigenvalue weighted by molar-refractivity contribution is 6.20. The Morgan fingerprint density at radius 1 is 1.43 bits per heavy atom. The summed E-state index contributed by atoms with van der Waals surface area (Å²) in [6.45, 7) is 5.11. The summed E-state index contributed by atoms with van der Waals surface area (Å²) >= 11 is 0. The lowest BCUT2D eigenvalue weighted by Crippen LogP contribution is -2.32. The van der Waals surface area contributed by atoms with Crippen molar-refractivity contribution >= 4 is 11.4 Å². The molecule has 1 unspecified atom stereocenters. The van der Waals surface area contributed by atoms with E-state index in [-0.39, 0.29) is 17.8 Å². The van der Waals surface area contributed by atoms with Gasteiger partial charge in [0.05, 0.1) is 23.1 Å². The van der Waals surface area contributed by atoms with E-state index in [1.54, 1.807) is 0 Å². The van der Waals surface area contributed by atoms with Crippen LogP contribution in [0.2, 0.25) is 0 Å². The van der Waals surface area contributed by atoms with Crippen LogP contribution in [0.25, 0.3) is 5.57 Å². The Morgan fingerprint density at radius 2 is 2.17 bits per heavy atom. The molecular weight excluding hydrogens is 292 g/mol. The summed E-state index contributed by atoms with van der Waals surface area (Å²) in [7, 11) is 0. The normalized spacial score (nSPS) is 21.2. The number of pyridine rings is 1. The minimum absolute atomic E-state index is 0.0123. The van der Waals surface area contributed by atoms with Crippen LogP contribution in [0.4, 0.5) is 0 Å². The first kappa shape index (κ1) is 16.0. The topological polar surface area (TPSA) is 74.4 Å². The van der Waals surface area contributed by atoms with E-state index in [1.807, 2.05) is 26.0 Å². The van der Waals surface area contributed by atoms with Gasteiger partial charge in [0.15, 0.2) is 5.78 Å². The number of carbonyl (C=O) groups excluding carboxylic acids is 1. The fourth-order valence-electron chi connectivity index (χ4n) is 2.59. The molecule has 1 saturated heterocycles. The largest absolute Gasteiger partial charge is 0.489 e. The molecule has 3 rings (SSSR count). The Hall–Kier alpha value is -1.88. The average Bonchev–Trinajstić information content (AvgIpc) is 3.31. The van der Waals surface area contributed by atoms with Crippen molar-refractivity contribution in [1.82, 2.24) is 4.98 Å². The third kappa shape index (κ3) is 3.55. The van der Waals surface area contributed by atoms with Gasteiger partial charge >= 0.3 is 0 Å². The molecule has 0 spiro atoms. The van der Waals surface area contributed by atoms with Crippen LogP contribution >= 0.6 is 0 Å². The Bertz CT molecular complexity index is 617. The zero-order chi connectivity index (χ0) is 16.4. The molecular formula is C18H24N2O3. The van der Waals surface area contributed by atoms with Crippen LogP contribution in [-0.4, -0.2) is 30.1 Å². The highest BCUT2D eigenvalue weighted by Gasteiger charge is 2.30. The van der Waals surface area contributed by atoms with Crippen LogP contribution in [0.5, 0.6) is 5.75 Å². The van der Waals surface area contributed by atoms with E-state index >= 15 is 0 Å². The van der Waals surface area contributed by atoms with Crippen molar-refractivity contribution < 1.29 is 14.3 Å². The predicted molar refractivity (Wildman–Crippen MR) is 88.1 cm³/mol. The molecule has 0 amide bonds. The predicted octanol–water partition coefficient (Wildman–Crippen LogP) is 2.65.